The fraction of sp³-hybridized carbons (Fsp3) is 0.182. The Balaban J connectivity index is 0.000000162. The minimum atomic E-state index is 0.740. The lowest BCUT2D eigenvalue weighted by Gasteiger charge is -1.93. The molecule has 2 rings (SSSR count). The summed E-state index contributed by atoms with van der Waals surface area (Å²) in [5, 5.41) is 10.1. The second-order valence-corrected chi connectivity index (χ2v) is 2.84. The molecule has 0 fully saturated rings. The number of benzene rings is 1. The van der Waals surface area contributed by atoms with Gasteiger partial charge in [0.15, 0.2) is 0 Å². The summed E-state index contributed by atoms with van der Waals surface area (Å²) in [6, 6.07) is 12.0. The molecule has 4 heteroatoms. The molecule has 0 aliphatic rings. The normalized spacial score (nSPS) is 8.87. The molecule has 1 aromatic carbocycles. The highest BCUT2D eigenvalue weighted by molar-refractivity contribution is 5.14. The van der Waals surface area contributed by atoms with Crippen molar-refractivity contribution in [3.05, 3.63) is 54.4 Å². The highest BCUT2D eigenvalue weighted by atomic mass is 15.3. The predicted octanol–water partition coefficient (Wildman–Crippen LogP) is 1.06. The molecule has 0 atom stereocenters. The summed E-state index contributed by atoms with van der Waals surface area (Å²) in [6.07, 6.45) is 4.14. The largest absolute Gasteiger partial charge is 0.330 e. The van der Waals surface area contributed by atoms with Crippen molar-refractivity contribution >= 4 is 0 Å². The van der Waals surface area contributed by atoms with Crippen LogP contribution in [0.15, 0.2) is 48.8 Å². The van der Waals surface area contributed by atoms with E-state index in [0.717, 1.165) is 13.0 Å². The molecule has 0 amide bonds. The van der Waals surface area contributed by atoms with Crippen molar-refractivity contribution in [2.45, 2.75) is 6.42 Å². The molecule has 0 radical (unpaired) electrons. The van der Waals surface area contributed by atoms with Gasteiger partial charge < -0.3 is 5.73 Å². The Bertz CT molecular complexity index is 309. The van der Waals surface area contributed by atoms with Crippen LogP contribution >= 0.6 is 0 Å². The molecule has 1 heterocycles. The number of hydrogen-bond donors (Lipinski definition) is 1. The SMILES string of the molecule is NCCc1ccccc1.c1cnnnc1. The summed E-state index contributed by atoms with van der Waals surface area (Å²) < 4.78 is 0. The van der Waals surface area contributed by atoms with Crippen molar-refractivity contribution in [1.82, 2.24) is 15.4 Å². The lowest BCUT2D eigenvalue weighted by Crippen LogP contribution is -2.01. The Hall–Kier alpha value is -1.81. The summed E-state index contributed by atoms with van der Waals surface area (Å²) in [6.45, 7) is 0.740. The third-order valence-electron chi connectivity index (χ3n) is 1.68. The van der Waals surface area contributed by atoms with Gasteiger partial charge in [0.2, 0.25) is 0 Å². The predicted molar refractivity (Wildman–Crippen MR) is 59.0 cm³/mol. The minimum Gasteiger partial charge on any atom is -0.330 e. The van der Waals surface area contributed by atoms with E-state index in [-0.39, 0.29) is 0 Å². The first kappa shape index (κ1) is 11.3. The van der Waals surface area contributed by atoms with Gasteiger partial charge in [0.25, 0.3) is 0 Å². The molecule has 15 heavy (non-hydrogen) atoms. The molecule has 0 spiro atoms. The van der Waals surface area contributed by atoms with Gasteiger partial charge >= 0.3 is 0 Å². The Morgan fingerprint density at radius 3 is 2.00 bits per heavy atom. The van der Waals surface area contributed by atoms with E-state index in [9.17, 15) is 0 Å². The third kappa shape index (κ3) is 5.49. The van der Waals surface area contributed by atoms with Gasteiger partial charge in [0, 0.05) is 0 Å². The molecule has 2 N–H and O–H groups in total. The van der Waals surface area contributed by atoms with Crippen molar-refractivity contribution in [3.63, 3.8) is 0 Å². The van der Waals surface area contributed by atoms with Gasteiger partial charge in [-0.05, 0) is 29.8 Å². The summed E-state index contributed by atoms with van der Waals surface area (Å²) >= 11 is 0. The highest BCUT2D eigenvalue weighted by Gasteiger charge is 1.84. The van der Waals surface area contributed by atoms with Crippen LogP contribution in [-0.2, 0) is 6.42 Å². The summed E-state index contributed by atoms with van der Waals surface area (Å²) in [5.74, 6) is 0. The molecule has 0 saturated heterocycles. The fourth-order valence-electron chi connectivity index (χ4n) is 1.02. The zero-order valence-corrected chi connectivity index (χ0v) is 8.45. The summed E-state index contributed by atoms with van der Waals surface area (Å²) in [7, 11) is 0. The monoisotopic (exact) mass is 202 g/mol. The van der Waals surface area contributed by atoms with Crippen molar-refractivity contribution in [3.8, 4) is 0 Å². The van der Waals surface area contributed by atoms with E-state index >= 15 is 0 Å². The van der Waals surface area contributed by atoms with Crippen LogP contribution in [0.2, 0.25) is 0 Å². The zero-order valence-electron chi connectivity index (χ0n) is 8.45. The number of hydrogen-bond acceptors (Lipinski definition) is 4. The third-order valence-corrected chi connectivity index (χ3v) is 1.68. The van der Waals surface area contributed by atoms with Gasteiger partial charge in [-0.15, -0.1) is 10.2 Å². The molecule has 0 bridgehead atoms. The van der Waals surface area contributed by atoms with Gasteiger partial charge in [0.05, 0.1) is 12.4 Å². The number of nitrogens with two attached hydrogens (primary N) is 1. The topological polar surface area (TPSA) is 64.7 Å². The quantitative estimate of drug-likeness (QED) is 0.790. The first-order valence-electron chi connectivity index (χ1n) is 4.76. The van der Waals surface area contributed by atoms with E-state index in [0.29, 0.717) is 0 Å². The fourth-order valence-corrected chi connectivity index (χ4v) is 1.02. The van der Waals surface area contributed by atoms with Crippen molar-refractivity contribution in [1.29, 1.82) is 0 Å². The Labute approximate surface area is 89.2 Å². The zero-order chi connectivity index (χ0) is 10.8. The molecule has 2 aromatic rings. The molecule has 0 aliphatic heterocycles. The Morgan fingerprint density at radius 2 is 1.60 bits per heavy atom. The molecule has 0 saturated carbocycles. The maximum Gasteiger partial charge on any atom is 0.0529 e. The lowest BCUT2D eigenvalue weighted by atomic mass is 10.2. The van der Waals surface area contributed by atoms with E-state index in [1.54, 1.807) is 18.5 Å². The van der Waals surface area contributed by atoms with Gasteiger partial charge in [-0.1, -0.05) is 30.3 Å². The van der Waals surface area contributed by atoms with Crippen LogP contribution in [0.25, 0.3) is 0 Å². The first-order valence-corrected chi connectivity index (χ1v) is 4.76. The smallest absolute Gasteiger partial charge is 0.0529 e. The van der Waals surface area contributed by atoms with Crippen LogP contribution in [0, 0.1) is 0 Å². The highest BCUT2D eigenvalue weighted by Crippen LogP contribution is 1.96. The second-order valence-electron chi connectivity index (χ2n) is 2.84. The van der Waals surface area contributed by atoms with Crippen LogP contribution in [0.4, 0.5) is 0 Å². The van der Waals surface area contributed by atoms with Crippen LogP contribution in [0.1, 0.15) is 5.56 Å². The average Bonchev–Trinajstić information content (AvgIpc) is 2.34. The molecule has 78 valence electrons. The van der Waals surface area contributed by atoms with Crippen molar-refractivity contribution in [2.75, 3.05) is 6.54 Å². The van der Waals surface area contributed by atoms with Gasteiger partial charge in [0.1, 0.15) is 0 Å². The van der Waals surface area contributed by atoms with Crippen LogP contribution in [0.5, 0.6) is 0 Å². The van der Waals surface area contributed by atoms with E-state index in [1.165, 1.54) is 5.56 Å². The first-order chi connectivity index (χ1) is 7.43. The maximum atomic E-state index is 5.36. The second kappa shape index (κ2) is 7.58. The molecule has 4 nitrogen and oxygen atoms in total. The Morgan fingerprint density at radius 1 is 0.933 bits per heavy atom. The Kier molecular flexibility index (Phi) is 5.69. The van der Waals surface area contributed by atoms with Crippen molar-refractivity contribution < 1.29 is 0 Å². The standard InChI is InChI=1S/C8H11N.C3H3N3/c9-7-6-8-4-2-1-3-5-8;1-2-4-6-5-3-1/h1-5H,6-7,9H2;1-3H. The molecular formula is C11H14N4. The molecule has 0 aliphatic carbocycles. The molecule has 0 unspecified atom stereocenters. The number of rotatable bonds is 2. The van der Waals surface area contributed by atoms with E-state index in [1.807, 2.05) is 18.2 Å². The molecular weight excluding hydrogens is 188 g/mol. The molecule has 1 aromatic heterocycles. The summed E-state index contributed by atoms with van der Waals surface area (Å²) in [5.41, 5.74) is 6.68. The van der Waals surface area contributed by atoms with E-state index in [2.05, 4.69) is 27.5 Å². The van der Waals surface area contributed by atoms with E-state index in [4.69, 9.17) is 5.73 Å². The van der Waals surface area contributed by atoms with Gasteiger partial charge in [-0.3, -0.25) is 0 Å². The van der Waals surface area contributed by atoms with Crippen molar-refractivity contribution in [2.24, 2.45) is 5.73 Å². The summed E-state index contributed by atoms with van der Waals surface area (Å²) in [4.78, 5) is 0. The minimum absolute atomic E-state index is 0.740. The van der Waals surface area contributed by atoms with Gasteiger partial charge in [-0.2, -0.15) is 0 Å². The maximum absolute atomic E-state index is 5.36. The number of nitrogens with zero attached hydrogens (tertiary/aromatic N) is 3. The van der Waals surface area contributed by atoms with Crippen LogP contribution in [-0.4, -0.2) is 22.0 Å². The lowest BCUT2D eigenvalue weighted by molar-refractivity contribution is 0.865. The van der Waals surface area contributed by atoms with Crippen LogP contribution < -0.4 is 5.73 Å². The number of aromatic nitrogens is 3. The van der Waals surface area contributed by atoms with E-state index < -0.39 is 0 Å². The average molecular weight is 202 g/mol. The van der Waals surface area contributed by atoms with Gasteiger partial charge in [-0.25, -0.2) is 0 Å². The van der Waals surface area contributed by atoms with Crippen LogP contribution in [0.3, 0.4) is 0 Å².